The van der Waals surface area contributed by atoms with Crippen LogP contribution >= 0.6 is 34.8 Å². The van der Waals surface area contributed by atoms with Crippen molar-refractivity contribution in [2.24, 2.45) is 14.1 Å². The van der Waals surface area contributed by atoms with Crippen LogP contribution in [0.15, 0.2) is 48.8 Å². The van der Waals surface area contributed by atoms with Gasteiger partial charge < -0.3 is 28.6 Å². The average molecular weight is 720 g/mol. The summed E-state index contributed by atoms with van der Waals surface area (Å²) in [6.07, 6.45) is 3.51. The Kier molecular flexibility index (Phi) is 11.9. The maximum atomic E-state index is 6.21. The number of aromatic nitrogens is 6. The molecular formula is C32H42BCl3N8O4. The van der Waals surface area contributed by atoms with Crippen LogP contribution in [-0.4, -0.2) is 100 Å². The van der Waals surface area contributed by atoms with Crippen molar-refractivity contribution in [2.75, 3.05) is 62.4 Å². The molecule has 0 N–H and O–H groups in total. The van der Waals surface area contributed by atoms with E-state index in [0.717, 1.165) is 81.2 Å². The normalized spacial score (nSPS) is 18.6. The number of anilines is 2. The Hall–Kier alpha value is -2.91. The highest BCUT2D eigenvalue weighted by Crippen LogP contribution is 2.36. The second-order valence-corrected chi connectivity index (χ2v) is 13.8. The summed E-state index contributed by atoms with van der Waals surface area (Å²) in [5.74, 6) is 1.72. The molecule has 0 aliphatic carbocycles. The molecule has 0 spiro atoms. The van der Waals surface area contributed by atoms with Crippen LogP contribution in [0.2, 0.25) is 15.2 Å². The molecule has 0 unspecified atom stereocenters. The first kappa shape index (κ1) is 36.4. The van der Waals surface area contributed by atoms with Crippen LogP contribution in [0.25, 0.3) is 11.4 Å². The van der Waals surface area contributed by atoms with Crippen LogP contribution in [0.3, 0.4) is 0 Å². The van der Waals surface area contributed by atoms with E-state index in [1.807, 2.05) is 72.1 Å². The summed E-state index contributed by atoms with van der Waals surface area (Å²) in [5, 5.41) is 10.0. The zero-order chi connectivity index (χ0) is 34.5. The zero-order valence-electron chi connectivity index (χ0n) is 28.2. The number of halogens is 3. The first-order chi connectivity index (χ1) is 22.8. The molecule has 3 saturated heterocycles. The summed E-state index contributed by atoms with van der Waals surface area (Å²) in [6, 6.07) is 11.1. The van der Waals surface area contributed by atoms with Crippen LogP contribution in [0.1, 0.15) is 27.7 Å². The fourth-order valence-electron chi connectivity index (χ4n) is 5.18. The minimum Gasteiger partial charge on any atom is -0.398 e. The van der Waals surface area contributed by atoms with Crippen molar-refractivity contribution in [3.05, 3.63) is 64.0 Å². The summed E-state index contributed by atoms with van der Waals surface area (Å²) >= 11 is 17.9. The van der Waals surface area contributed by atoms with Crippen LogP contribution in [0.4, 0.5) is 11.6 Å². The minimum absolute atomic E-state index is 0.290. The Morgan fingerprint density at radius 2 is 1.17 bits per heavy atom. The monoisotopic (exact) mass is 718 g/mol. The number of rotatable bonds is 4. The summed E-state index contributed by atoms with van der Waals surface area (Å²) in [4.78, 5) is 13.2. The molecule has 0 aromatic carbocycles. The molecule has 7 heterocycles. The Balaban J connectivity index is 0.000000143. The Labute approximate surface area is 297 Å². The van der Waals surface area contributed by atoms with E-state index in [-0.39, 0.29) is 18.3 Å². The maximum Gasteiger partial charge on any atom is 0.514 e. The topological polar surface area (TPSA) is 105 Å². The standard InChI is InChI=1S/C13H15ClN4O.C10H17BN2O2.C9H10Cl2N2O/c1-17-12(2-3-15-17)11-8-10(14)9-13(16-11)18-4-6-19-7-5-18;1-9(2)10(3,4)15-11(14-9)8-6-7-12-13(8)5;10-7-5-8(11)12-9(6-7)13-1-3-14-4-2-13/h2-3,8-9H,4-7H2,1H3;6-7H,1-5H3;5-6H,1-4H2. The van der Waals surface area contributed by atoms with Gasteiger partial charge in [0.25, 0.3) is 0 Å². The largest absolute Gasteiger partial charge is 0.514 e. The lowest BCUT2D eigenvalue weighted by Gasteiger charge is -2.32. The summed E-state index contributed by atoms with van der Waals surface area (Å²) in [6.45, 7) is 14.5. The summed E-state index contributed by atoms with van der Waals surface area (Å²) in [7, 11) is 3.47. The number of nitrogens with zero attached hydrogens (tertiary/aromatic N) is 8. The molecule has 12 nitrogen and oxygen atoms in total. The van der Waals surface area contributed by atoms with Gasteiger partial charge in [0.2, 0.25) is 0 Å². The number of aryl methyl sites for hydroxylation is 2. The van der Waals surface area contributed by atoms with Crippen molar-refractivity contribution >= 4 is 59.2 Å². The molecule has 0 bridgehead atoms. The van der Waals surface area contributed by atoms with Gasteiger partial charge in [-0.2, -0.15) is 10.2 Å². The molecule has 16 heteroatoms. The average Bonchev–Trinajstić information content (AvgIpc) is 3.74. The van der Waals surface area contributed by atoms with Crippen molar-refractivity contribution in [1.82, 2.24) is 29.5 Å². The summed E-state index contributed by atoms with van der Waals surface area (Å²) in [5.41, 5.74) is 2.17. The third-order valence-electron chi connectivity index (χ3n) is 8.63. The molecule has 3 fully saturated rings. The number of hydrogen-bond donors (Lipinski definition) is 0. The highest BCUT2D eigenvalue weighted by Gasteiger charge is 2.52. The highest BCUT2D eigenvalue weighted by atomic mass is 35.5. The van der Waals surface area contributed by atoms with Crippen LogP contribution in [-0.2, 0) is 32.9 Å². The van der Waals surface area contributed by atoms with Gasteiger partial charge in [-0.15, -0.1) is 0 Å². The maximum absolute atomic E-state index is 6.21. The molecule has 3 aliphatic heterocycles. The van der Waals surface area contributed by atoms with Gasteiger partial charge >= 0.3 is 7.12 Å². The van der Waals surface area contributed by atoms with Crippen molar-refractivity contribution in [3.8, 4) is 11.4 Å². The second kappa shape index (κ2) is 15.8. The van der Waals surface area contributed by atoms with E-state index < -0.39 is 0 Å². The smallest absolute Gasteiger partial charge is 0.398 e. The van der Waals surface area contributed by atoms with Gasteiger partial charge in [-0.1, -0.05) is 34.8 Å². The van der Waals surface area contributed by atoms with Gasteiger partial charge in [0.05, 0.1) is 54.6 Å². The number of ether oxygens (including phenoxy) is 2. The molecule has 0 atom stereocenters. The lowest BCUT2D eigenvalue weighted by molar-refractivity contribution is 0.00578. The molecule has 0 saturated carbocycles. The predicted molar refractivity (Wildman–Crippen MR) is 191 cm³/mol. The molecule has 0 amide bonds. The number of pyridine rings is 2. The van der Waals surface area contributed by atoms with Crippen LogP contribution in [0.5, 0.6) is 0 Å². The van der Waals surface area contributed by atoms with Crippen LogP contribution in [0, 0.1) is 0 Å². The first-order valence-electron chi connectivity index (χ1n) is 15.8. The van der Waals surface area contributed by atoms with Crippen molar-refractivity contribution in [3.63, 3.8) is 0 Å². The lowest BCUT2D eigenvalue weighted by atomic mass is 9.85. The molecule has 4 aromatic heterocycles. The van der Waals surface area contributed by atoms with Gasteiger partial charge in [0.1, 0.15) is 16.8 Å². The SMILES string of the molecule is Clc1cc(Cl)nc(N2CCOCC2)c1.Cn1nccc1-c1cc(Cl)cc(N2CCOCC2)n1.Cn1nccc1B1OC(C)(C)C(C)(C)O1. The zero-order valence-corrected chi connectivity index (χ0v) is 30.5. The Bertz CT molecular complexity index is 1620. The highest BCUT2D eigenvalue weighted by molar-refractivity contribution is 6.61. The van der Waals surface area contributed by atoms with Gasteiger partial charge in [-0.05, 0) is 64.1 Å². The first-order valence-corrected chi connectivity index (χ1v) is 16.9. The lowest BCUT2D eigenvalue weighted by Crippen LogP contribution is -2.41. The van der Waals surface area contributed by atoms with Gasteiger partial charge in [0.15, 0.2) is 0 Å². The number of hydrogen-bond acceptors (Lipinski definition) is 10. The van der Waals surface area contributed by atoms with E-state index in [4.69, 9.17) is 53.6 Å². The number of morpholine rings is 2. The van der Waals surface area contributed by atoms with Crippen LogP contribution < -0.4 is 15.4 Å². The van der Waals surface area contributed by atoms with E-state index >= 15 is 0 Å². The van der Waals surface area contributed by atoms with Gasteiger partial charge in [-0.3, -0.25) is 9.36 Å². The third kappa shape index (κ3) is 9.00. The fraction of sp³-hybridized carbons (Fsp3) is 0.500. The Morgan fingerprint density at radius 1 is 0.667 bits per heavy atom. The van der Waals surface area contributed by atoms with E-state index in [2.05, 4.69) is 30.0 Å². The van der Waals surface area contributed by atoms with Crippen molar-refractivity contribution < 1.29 is 18.8 Å². The quantitative estimate of drug-likeness (QED) is 0.213. The molecule has 48 heavy (non-hydrogen) atoms. The molecular weight excluding hydrogens is 678 g/mol. The summed E-state index contributed by atoms with van der Waals surface area (Å²) < 4.78 is 26.0. The van der Waals surface area contributed by atoms with Crippen molar-refractivity contribution in [2.45, 2.75) is 38.9 Å². The van der Waals surface area contributed by atoms with E-state index in [1.165, 1.54) is 0 Å². The second-order valence-electron chi connectivity index (χ2n) is 12.5. The van der Waals surface area contributed by atoms with Crippen molar-refractivity contribution in [1.29, 1.82) is 0 Å². The van der Waals surface area contributed by atoms with Gasteiger partial charge in [-0.25, -0.2) is 9.97 Å². The minimum atomic E-state index is -0.317. The predicted octanol–water partition coefficient (Wildman–Crippen LogP) is 4.92. The third-order valence-corrected chi connectivity index (χ3v) is 9.26. The van der Waals surface area contributed by atoms with E-state index in [9.17, 15) is 0 Å². The fourth-order valence-corrected chi connectivity index (χ4v) is 5.84. The molecule has 4 aromatic rings. The van der Waals surface area contributed by atoms with Gasteiger partial charge in [0, 0.05) is 62.7 Å². The van der Waals surface area contributed by atoms with E-state index in [1.54, 1.807) is 27.8 Å². The molecule has 0 radical (unpaired) electrons. The molecule has 7 rings (SSSR count). The molecule has 3 aliphatic rings. The Morgan fingerprint density at radius 3 is 1.65 bits per heavy atom. The molecule has 258 valence electrons. The van der Waals surface area contributed by atoms with E-state index in [0.29, 0.717) is 15.2 Å².